The molecule has 1 fully saturated rings. The van der Waals surface area contributed by atoms with E-state index in [1.54, 1.807) is 0 Å². The molecular weight excluding hydrogens is 334 g/mol. The van der Waals surface area contributed by atoms with Crippen LogP contribution in [0.5, 0.6) is 0 Å². The number of aryl methyl sites for hydroxylation is 2. The second-order valence-electron chi connectivity index (χ2n) is 7.98. The third-order valence-electron chi connectivity index (χ3n) is 5.98. The molecule has 1 heterocycles. The third kappa shape index (κ3) is 4.07. The van der Waals surface area contributed by atoms with E-state index < -0.39 is 0 Å². The van der Waals surface area contributed by atoms with Gasteiger partial charge in [0.2, 0.25) is 0 Å². The average molecular weight is 364 g/mol. The molecule has 0 saturated carbocycles. The highest BCUT2D eigenvalue weighted by atomic mass is 16.1. The summed E-state index contributed by atoms with van der Waals surface area (Å²) in [4.78, 5) is 17.6. The van der Waals surface area contributed by atoms with Gasteiger partial charge in [0.05, 0.1) is 0 Å². The lowest BCUT2D eigenvalue weighted by Gasteiger charge is -2.40. The zero-order valence-corrected chi connectivity index (χ0v) is 16.4. The second-order valence-corrected chi connectivity index (χ2v) is 7.98. The van der Waals surface area contributed by atoms with E-state index in [0.29, 0.717) is 11.6 Å². The summed E-state index contributed by atoms with van der Waals surface area (Å²) in [5.74, 6) is -0.0399. The maximum absolute atomic E-state index is 12.6. The van der Waals surface area contributed by atoms with Gasteiger partial charge in [0.25, 0.3) is 5.91 Å². The molecule has 1 saturated heterocycles. The first-order valence-corrected chi connectivity index (χ1v) is 10.0. The van der Waals surface area contributed by atoms with Crippen molar-refractivity contribution in [3.05, 3.63) is 64.7 Å². The van der Waals surface area contributed by atoms with E-state index in [4.69, 9.17) is 0 Å². The quantitative estimate of drug-likeness (QED) is 0.899. The Balaban J connectivity index is 1.53. The molecule has 1 N–H and O–H groups in total. The van der Waals surface area contributed by atoms with E-state index in [1.165, 1.54) is 24.0 Å². The topological polar surface area (TPSA) is 35.6 Å². The SMILES string of the molecule is Cc1ccc(C(=O)Nc2ccc3c(c2)C(N2CCN(C)CC2)CCC3)cc1. The van der Waals surface area contributed by atoms with Gasteiger partial charge >= 0.3 is 0 Å². The molecule has 4 rings (SSSR count). The fourth-order valence-corrected chi connectivity index (χ4v) is 4.27. The molecule has 1 unspecified atom stereocenters. The fraction of sp³-hybridized carbons (Fsp3) is 0.435. The van der Waals surface area contributed by atoms with E-state index in [-0.39, 0.29) is 5.91 Å². The lowest BCUT2D eigenvalue weighted by Crippen LogP contribution is -2.46. The minimum Gasteiger partial charge on any atom is -0.322 e. The number of likely N-dealkylation sites (N-methyl/N-ethyl adjacent to an activating group) is 1. The molecule has 2 aliphatic rings. The zero-order valence-electron chi connectivity index (χ0n) is 16.4. The van der Waals surface area contributed by atoms with E-state index in [9.17, 15) is 4.79 Å². The van der Waals surface area contributed by atoms with Crippen LogP contribution in [-0.4, -0.2) is 48.9 Å². The highest BCUT2D eigenvalue weighted by molar-refractivity contribution is 6.04. The van der Waals surface area contributed by atoms with Crippen molar-refractivity contribution >= 4 is 11.6 Å². The monoisotopic (exact) mass is 363 g/mol. The van der Waals surface area contributed by atoms with Gasteiger partial charge in [-0.25, -0.2) is 0 Å². The van der Waals surface area contributed by atoms with Crippen molar-refractivity contribution in [3.63, 3.8) is 0 Å². The molecule has 0 aromatic heterocycles. The third-order valence-corrected chi connectivity index (χ3v) is 5.98. The number of carbonyl (C=O) groups is 1. The van der Waals surface area contributed by atoms with E-state index in [0.717, 1.165) is 43.9 Å². The summed E-state index contributed by atoms with van der Waals surface area (Å²) in [6.45, 7) is 6.55. The maximum atomic E-state index is 12.6. The minimum absolute atomic E-state index is 0.0399. The Labute approximate surface area is 162 Å². The number of hydrogen-bond donors (Lipinski definition) is 1. The second kappa shape index (κ2) is 7.83. The van der Waals surface area contributed by atoms with E-state index >= 15 is 0 Å². The van der Waals surface area contributed by atoms with E-state index in [1.807, 2.05) is 31.2 Å². The number of hydrogen-bond acceptors (Lipinski definition) is 3. The zero-order chi connectivity index (χ0) is 18.8. The molecule has 2 aromatic carbocycles. The van der Waals surface area contributed by atoms with Crippen LogP contribution in [0.4, 0.5) is 5.69 Å². The number of anilines is 1. The smallest absolute Gasteiger partial charge is 0.255 e. The molecule has 1 aliphatic heterocycles. The number of nitrogens with zero attached hydrogens (tertiary/aromatic N) is 2. The molecule has 142 valence electrons. The molecule has 2 aromatic rings. The Hall–Kier alpha value is -2.17. The lowest BCUT2D eigenvalue weighted by atomic mass is 9.86. The highest BCUT2D eigenvalue weighted by Crippen LogP contribution is 2.36. The Kier molecular flexibility index (Phi) is 5.28. The van der Waals surface area contributed by atoms with Crippen LogP contribution < -0.4 is 5.32 Å². The van der Waals surface area contributed by atoms with Crippen molar-refractivity contribution in [1.82, 2.24) is 9.80 Å². The summed E-state index contributed by atoms with van der Waals surface area (Å²) in [5, 5.41) is 3.09. The number of fused-ring (bicyclic) bond motifs is 1. The van der Waals surface area contributed by atoms with Gasteiger partial charge in [-0.2, -0.15) is 0 Å². The fourth-order valence-electron chi connectivity index (χ4n) is 4.27. The van der Waals surface area contributed by atoms with Crippen LogP contribution in [0.2, 0.25) is 0 Å². The number of amides is 1. The van der Waals surface area contributed by atoms with Gasteiger partial charge in [-0.1, -0.05) is 23.8 Å². The summed E-state index contributed by atoms with van der Waals surface area (Å²) in [6, 6.07) is 14.7. The predicted molar refractivity (Wildman–Crippen MR) is 110 cm³/mol. The number of carbonyl (C=O) groups excluding carboxylic acids is 1. The Morgan fingerprint density at radius 2 is 1.78 bits per heavy atom. The van der Waals surface area contributed by atoms with Crippen LogP contribution >= 0.6 is 0 Å². The van der Waals surface area contributed by atoms with Crippen molar-refractivity contribution < 1.29 is 4.79 Å². The van der Waals surface area contributed by atoms with Crippen LogP contribution in [0.1, 0.15) is 45.9 Å². The van der Waals surface area contributed by atoms with Crippen molar-refractivity contribution in [2.75, 3.05) is 38.5 Å². The van der Waals surface area contributed by atoms with Crippen molar-refractivity contribution in [2.24, 2.45) is 0 Å². The number of piperazine rings is 1. The summed E-state index contributed by atoms with van der Waals surface area (Å²) in [7, 11) is 2.20. The summed E-state index contributed by atoms with van der Waals surface area (Å²) >= 11 is 0. The van der Waals surface area contributed by atoms with Crippen LogP contribution in [-0.2, 0) is 6.42 Å². The maximum Gasteiger partial charge on any atom is 0.255 e. The first-order chi connectivity index (χ1) is 13.1. The first kappa shape index (κ1) is 18.2. The number of rotatable bonds is 3. The number of nitrogens with one attached hydrogen (secondary N) is 1. The van der Waals surface area contributed by atoms with Gasteiger partial charge < -0.3 is 10.2 Å². The Morgan fingerprint density at radius 1 is 1.04 bits per heavy atom. The summed E-state index contributed by atoms with van der Waals surface area (Å²) in [6.07, 6.45) is 3.61. The normalized spacial score (nSPS) is 20.9. The lowest BCUT2D eigenvalue weighted by molar-refractivity contribution is 0.102. The van der Waals surface area contributed by atoms with Gasteiger partial charge in [0, 0.05) is 43.5 Å². The molecule has 0 radical (unpaired) electrons. The summed E-state index contributed by atoms with van der Waals surface area (Å²) in [5.41, 5.74) is 5.62. The summed E-state index contributed by atoms with van der Waals surface area (Å²) < 4.78 is 0. The first-order valence-electron chi connectivity index (χ1n) is 10.0. The van der Waals surface area contributed by atoms with Gasteiger partial charge in [-0.15, -0.1) is 0 Å². The molecule has 4 nitrogen and oxygen atoms in total. The molecule has 4 heteroatoms. The van der Waals surface area contributed by atoms with Crippen LogP contribution in [0.3, 0.4) is 0 Å². The van der Waals surface area contributed by atoms with Crippen molar-refractivity contribution in [3.8, 4) is 0 Å². The Bertz CT molecular complexity index is 807. The van der Waals surface area contributed by atoms with Crippen molar-refractivity contribution in [1.29, 1.82) is 0 Å². The predicted octanol–water partition coefficient (Wildman–Crippen LogP) is 3.87. The van der Waals surface area contributed by atoms with Crippen LogP contribution in [0.25, 0.3) is 0 Å². The minimum atomic E-state index is -0.0399. The molecule has 0 bridgehead atoms. The highest BCUT2D eigenvalue weighted by Gasteiger charge is 2.28. The van der Waals surface area contributed by atoms with Gasteiger partial charge in [-0.05, 0) is 68.6 Å². The Morgan fingerprint density at radius 3 is 2.52 bits per heavy atom. The van der Waals surface area contributed by atoms with Crippen LogP contribution in [0.15, 0.2) is 42.5 Å². The average Bonchev–Trinajstić information content (AvgIpc) is 2.69. The molecular formula is C23H29N3O. The van der Waals surface area contributed by atoms with E-state index in [2.05, 4.69) is 40.4 Å². The standard InChI is InChI=1S/C23H29N3O/c1-17-6-8-19(9-7-17)23(27)24-20-11-10-18-4-3-5-22(21(18)16-20)26-14-12-25(2)13-15-26/h6-11,16,22H,3-5,12-15H2,1-2H3,(H,24,27). The molecule has 1 atom stereocenters. The van der Waals surface area contributed by atoms with Gasteiger partial charge in [0.15, 0.2) is 0 Å². The molecule has 27 heavy (non-hydrogen) atoms. The van der Waals surface area contributed by atoms with Gasteiger partial charge in [0.1, 0.15) is 0 Å². The van der Waals surface area contributed by atoms with Crippen molar-refractivity contribution in [2.45, 2.75) is 32.2 Å². The molecule has 0 spiro atoms. The van der Waals surface area contributed by atoms with Gasteiger partial charge in [-0.3, -0.25) is 9.69 Å². The molecule has 1 aliphatic carbocycles. The largest absolute Gasteiger partial charge is 0.322 e. The molecule has 1 amide bonds. The van der Waals surface area contributed by atoms with Crippen LogP contribution in [0, 0.1) is 6.92 Å². The number of benzene rings is 2.